The Morgan fingerprint density at radius 1 is 1.33 bits per heavy atom. The van der Waals surface area contributed by atoms with Gasteiger partial charge in [-0.15, -0.1) is 0 Å². The van der Waals surface area contributed by atoms with Crippen molar-refractivity contribution in [1.82, 2.24) is 0 Å². The number of nitrogens with two attached hydrogens (primary N) is 1. The van der Waals surface area contributed by atoms with Gasteiger partial charge < -0.3 is 9.84 Å². The van der Waals surface area contributed by atoms with Crippen molar-refractivity contribution in [2.24, 2.45) is 5.73 Å². The number of carboxylic acids is 1. The number of fused-ring (bicyclic) bond motifs is 1. The van der Waals surface area contributed by atoms with Gasteiger partial charge in [0, 0.05) is 5.56 Å². The van der Waals surface area contributed by atoms with Crippen LogP contribution in [0.4, 0.5) is 13.2 Å². The Labute approximate surface area is 99.5 Å². The lowest BCUT2D eigenvalue weighted by Crippen LogP contribution is -2.61. The minimum Gasteiger partial charge on any atom is -0.478 e. The lowest BCUT2D eigenvalue weighted by Gasteiger charge is -2.35. The molecule has 1 atom stereocenters. The van der Waals surface area contributed by atoms with Crippen LogP contribution in [0.1, 0.15) is 5.56 Å². The SMILES string of the molecule is NC1(C(F)(F)F)Oc2ccccc2C=C1C(=O)O. The molecule has 1 aliphatic rings. The lowest BCUT2D eigenvalue weighted by molar-refractivity contribution is -0.233. The summed E-state index contributed by atoms with van der Waals surface area (Å²) in [5.74, 6) is -1.88. The van der Waals surface area contributed by atoms with Crippen LogP contribution in [0.15, 0.2) is 29.8 Å². The predicted molar refractivity (Wildman–Crippen MR) is 55.7 cm³/mol. The quantitative estimate of drug-likeness (QED) is 0.806. The maximum Gasteiger partial charge on any atom is 0.447 e. The van der Waals surface area contributed by atoms with E-state index in [0.29, 0.717) is 0 Å². The van der Waals surface area contributed by atoms with Gasteiger partial charge in [0.05, 0.1) is 0 Å². The zero-order valence-electron chi connectivity index (χ0n) is 8.86. The summed E-state index contributed by atoms with van der Waals surface area (Å²) in [6.07, 6.45) is -4.17. The largest absolute Gasteiger partial charge is 0.478 e. The first-order valence-electron chi connectivity index (χ1n) is 4.85. The molecule has 3 N–H and O–H groups in total. The summed E-state index contributed by atoms with van der Waals surface area (Å²) >= 11 is 0. The lowest BCUT2D eigenvalue weighted by atomic mass is 9.96. The van der Waals surface area contributed by atoms with E-state index >= 15 is 0 Å². The second-order valence-corrected chi connectivity index (χ2v) is 3.74. The summed E-state index contributed by atoms with van der Waals surface area (Å²) in [7, 11) is 0. The third-order valence-corrected chi connectivity index (χ3v) is 2.54. The van der Waals surface area contributed by atoms with Crippen molar-refractivity contribution in [3.8, 4) is 5.75 Å². The fraction of sp³-hybridized carbons (Fsp3) is 0.182. The molecule has 7 heteroatoms. The van der Waals surface area contributed by atoms with Gasteiger partial charge in [0.15, 0.2) is 0 Å². The second kappa shape index (κ2) is 3.74. The Morgan fingerprint density at radius 2 is 1.94 bits per heavy atom. The molecule has 2 rings (SSSR count). The maximum absolute atomic E-state index is 12.9. The molecule has 4 nitrogen and oxygen atoms in total. The van der Waals surface area contributed by atoms with E-state index in [1.54, 1.807) is 6.07 Å². The average molecular weight is 259 g/mol. The number of carboxylic acid groups (broad SMARTS) is 1. The highest BCUT2D eigenvalue weighted by molar-refractivity contribution is 5.96. The molecule has 1 aromatic rings. The van der Waals surface area contributed by atoms with Crippen LogP contribution >= 0.6 is 0 Å². The van der Waals surface area contributed by atoms with Crippen molar-refractivity contribution in [2.45, 2.75) is 11.9 Å². The molecule has 0 aromatic heterocycles. The first kappa shape index (κ1) is 12.4. The molecule has 96 valence electrons. The minimum atomic E-state index is -5.04. The predicted octanol–water partition coefficient (Wildman–Crippen LogP) is 1.76. The van der Waals surface area contributed by atoms with E-state index in [0.717, 1.165) is 6.08 Å². The van der Waals surface area contributed by atoms with Crippen LogP contribution in [-0.4, -0.2) is 23.0 Å². The summed E-state index contributed by atoms with van der Waals surface area (Å²) < 4.78 is 43.3. The third-order valence-electron chi connectivity index (χ3n) is 2.54. The normalized spacial score (nSPS) is 22.8. The van der Waals surface area contributed by atoms with Crippen molar-refractivity contribution in [2.75, 3.05) is 0 Å². The van der Waals surface area contributed by atoms with Gasteiger partial charge in [-0.2, -0.15) is 13.2 Å². The number of alkyl halides is 3. The second-order valence-electron chi connectivity index (χ2n) is 3.74. The van der Waals surface area contributed by atoms with Crippen molar-refractivity contribution < 1.29 is 27.8 Å². The van der Waals surface area contributed by atoms with Gasteiger partial charge >= 0.3 is 12.1 Å². The number of para-hydroxylation sites is 1. The number of benzene rings is 1. The van der Waals surface area contributed by atoms with E-state index in [1.165, 1.54) is 18.2 Å². The monoisotopic (exact) mass is 259 g/mol. The Kier molecular flexibility index (Phi) is 2.58. The molecule has 1 aromatic carbocycles. The summed E-state index contributed by atoms with van der Waals surface area (Å²) in [5, 5.41) is 8.83. The number of halogens is 3. The number of aliphatic carboxylic acids is 1. The Balaban J connectivity index is 2.63. The van der Waals surface area contributed by atoms with E-state index in [4.69, 9.17) is 10.8 Å². The van der Waals surface area contributed by atoms with E-state index in [1.807, 2.05) is 0 Å². The highest BCUT2D eigenvalue weighted by atomic mass is 19.4. The smallest absolute Gasteiger partial charge is 0.447 e. The summed E-state index contributed by atoms with van der Waals surface area (Å²) in [6.45, 7) is 0. The van der Waals surface area contributed by atoms with Crippen molar-refractivity contribution >= 4 is 12.0 Å². The highest BCUT2D eigenvalue weighted by Gasteiger charge is 2.60. The Hall–Kier alpha value is -2.02. The maximum atomic E-state index is 12.9. The number of ether oxygens (including phenoxy) is 1. The number of hydrogen-bond acceptors (Lipinski definition) is 3. The van der Waals surface area contributed by atoms with Crippen molar-refractivity contribution in [3.63, 3.8) is 0 Å². The molecular weight excluding hydrogens is 251 g/mol. The molecule has 0 radical (unpaired) electrons. The number of hydrogen-bond donors (Lipinski definition) is 2. The minimum absolute atomic E-state index is 0.109. The molecule has 0 fully saturated rings. The summed E-state index contributed by atoms with van der Waals surface area (Å²) in [4.78, 5) is 10.9. The van der Waals surface area contributed by atoms with E-state index in [2.05, 4.69) is 4.74 Å². The van der Waals surface area contributed by atoms with E-state index < -0.39 is 23.4 Å². The molecule has 0 saturated heterocycles. The van der Waals surface area contributed by atoms with Crippen LogP contribution in [-0.2, 0) is 4.79 Å². The van der Waals surface area contributed by atoms with Crippen LogP contribution < -0.4 is 10.5 Å². The van der Waals surface area contributed by atoms with Crippen molar-refractivity contribution in [1.29, 1.82) is 0 Å². The Bertz CT molecular complexity index is 539. The fourth-order valence-corrected chi connectivity index (χ4v) is 1.62. The molecule has 0 amide bonds. The highest BCUT2D eigenvalue weighted by Crippen LogP contribution is 2.41. The molecule has 1 unspecified atom stereocenters. The molecule has 0 saturated carbocycles. The zero-order chi connectivity index (χ0) is 13.6. The van der Waals surface area contributed by atoms with Gasteiger partial charge in [-0.1, -0.05) is 18.2 Å². The van der Waals surface area contributed by atoms with Gasteiger partial charge in [0.2, 0.25) is 0 Å². The zero-order valence-corrected chi connectivity index (χ0v) is 8.86. The van der Waals surface area contributed by atoms with Crippen LogP contribution in [0.5, 0.6) is 5.75 Å². The van der Waals surface area contributed by atoms with E-state index in [9.17, 15) is 18.0 Å². The van der Waals surface area contributed by atoms with Gasteiger partial charge in [-0.25, -0.2) is 4.79 Å². The van der Waals surface area contributed by atoms with Gasteiger partial charge in [0.1, 0.15) is 11.3 Å². The first-order chi connectivity index (χ1) is 8.25. The molecule has 1 aliphatic heterocycles. The van der Waals surface area contributed by atoms with Crippen LogP contribution in [0.3, 0.4) is 0 Å². The summed E-state index contributed by atoms with van der Waals surface area (Å²) in [6, 6.07) is 5.75. The van der Waals surface area contributed by atoms with Gasteiger partial charge in [-0.05, 0) is 12.1 Å². The average Bonchev–Trinajstić information content (AvgIpc) is 2.26. The van der Waals surface area contributed by atoms with Crippen LogP contribution in [0, 0.1) is 0 Å². The standard InChI is InChI=1S/C11H8F3NO3/c12-11(13,14)10(15)7(9(16)17)5-6-3-1-2-4-8(6)18-10/h1-5H,15H2,(H,16,17). The third kappa shape index (κ3) is 1.72. The van der Waals surface area contributed by atoms with E-state index in [-0.39, 0.29) is 11.3 Å². The number of carbonyl (C=O) groups is 1. The molecule has 18 heavy (non-hydrogen) atoms. The molecule has 0 bridgehead atoms. The van der Waals surface area contributed by atoms with Crippen molar-refractivity contribution in [3.05, 3.63) is 35.4 Å². The number of rotatable bonds is 1. The molecule has 0 aliphatic carbocycles. The van der Waals surface area contributed by atoms with Gasteiger partial charge in [0.25, 0.3) is 5.72 Å². The Morgan fingerprint density at radius 3 is 2.50 bits per heavy atom. The summed E-state index contributed by atoms with van der Waals surface area (Å²) in [5.41, 5.74) is 0.949. The molecule has 1 heterocycles. The van der Waals surface area contributed by atoms with Crippen LogP contribution in [0.25, 0.3) is 6.08 Å². The molecule has 0 spiro atoms. The molecular formula is C11H8F3NO3. The van der Waals surface area contributed by atoms with Gasteiger partial charge in [-0.3, -0.25) is 5.73 Å². The fourth-order valence-electron chi connectivity index (χ4n) is 1.62. The first-order valence-corrected chi connectivity index (χ1v) is 4.85. The van der Waals surface area contributed by atoms with Crippen LogP contribution in [0.2, 0.25) is 0 Å². The topological polar surface area (TPSA) is 72.5 Å².